The summed E-state index contributed by atoms with van der Waals surface area (Å²) in [6.07, 6.45) is 2.23. The van der Waals surface area contributed by atoms with Crippen LogP contribution in [0.1, 0.15) is 13.8 Å². The number of nitrogens with zero attached hydrogens (tertiary/aromatic N) is 2. The van der Waals surface area contributed by atoms with Crippen molar-refractivity contribution in [3.8, 4) is 0 Å². The van der Waals surface area contributed by atoms with Crippen molar-refractivity contribution in [2.75, 3.05) is 38.4 Å². The van der Waals surface area contributed by atoms with E-state index >= 15 is 0 Å². The third-order valence-electron chi connectivity index (χ3n) is 3.44. The predicted molar refractivity (Wildman–Crippen MR) is 90.4 cm³/mol. The molecule has 108 valence electrons. The molecule has 1 N–H and O–H groups in total. The fourth-order valence-corrected chi connectivity index (χ4v) is 2.97. The van der Waals surface area contributed by atoms with Crippen molar-refractivity contribution < 1.29 is 0 Å². The molecule has 0 aliphatic carbocycles. The molecule has 0 unspecified atom stereocenters. The molecular formula is C16H23N3S. The maximum Gasteiger partial charge on any atom is 0.0525 e. The second kappa shape index (κ2) is 5.83. The summed E-state index contributed by atoms with van der Waals surface area (Å²) < 4.78 is 0. The smallest absolute Gasteiger partial charge is 0.0525 e. The van der Waals surface area contributed by atoms with Gasteiger partial charge in [0.1, 0.15) is 0 Å². The lowest BCUT2D eigenvalue weighted by Crippen LogP contribution is -2.11. The third kappa shape index (κ3) is 3.12. The highest BCUT2D eigenvalue weighted by molar-refractivity contribution is 8.03. The molecule has 2 rings (SSSR count). The molecular weight excluding hydrogens is 266 g/mol. The summed E-state index contributed by atoms with van der Waals surface area (Å²) in [7, 11) is 8.28. The van der Waals surface area contributed by atoms with Gasteiger partial charge in [-0.05, 0) is 38.1 Å². The molecule has 0 fully saturated rings. The van der Waals surface area contributed by atoms with Gasteiger partial charge in [-0.15, -0.1) is 0 Å². The summed E-state index contributed by atoms with van der Waals surface area (Å²) in [5.74, 6) is 0. The zero-order valence-corrected chi connectivity index (χ0v) is 13.9. The SMILES string of the molecule is CC1=C(/C=C(\C)N(C)C)Sc2cc(N(C)C)ccc2N1. The Morgan fingerprint density at radius 1 is 1.20 bits per heavy atom. The molecule has 1 aromatic rings. The number of allylic oxidation sites excluding steroid dienone is 3. The van der Waals surface area contributed by atoms with E-state index in [1.54, 1.807) is 0 Å². The largest absolute Gasteiger partial charge is 0.381 e. The minimum absolute atomic E-state index is 1.19. The molecule has 0 radical (unpaired) electrons. The van der Waals surface area contributed by atoms with Crippen LogP contribution in [0.15, 0.2) is 45.5 Å². The Hall–Kier alpha value is -1.55. The van der Waals surface area contributed by atoms with Gasteiger partial charge >= 0.3 is 0 Å². The minimum atomic E-state index is 1.19. The lowest BCUT2D eigenvalue weighted by molar-refractivity contribution is 0.514. The molecule has 0 bridgehead atoms. The van der Waals surface area contributed by atoms with Gasteiger partial charge in [-0.1, -0.05) is 11.8 Å². The van der Waals surface area contributed by atoms with Crippen LogP contribution in [-0.4, -0.2) is 33.1 Å². The topological polar surface area (TPSA) is 18.5 Å². The van der Waals surface area contributed by atoms with E-state index in [1.807, 2.05) is 11.8 Å². The Balaban J connectivity index is 2.33. The van der Waals surface area contributed by atoms with Crippen molar-refractivity contribution in [1.29, 1.82) is 0 Å². The van der Waals surface area contributed by atoms with Gasteiger partial charge < -0.3 is 15.1 Å². The standard InChI is InChI=1S/C16H23N3S/c1-11(18(3)4)9-15-12(2)17-14-8-7-13(19(5)6)10-16(14)20-15/h7-10,17H,1-6H3/b11-9+. The number of thioether (sulfide) groups is 1. The quantitative estimate of drug-likeness (QED) is 0.907. The van der Waals surface area contributed by atoms with E-state index in [0.29, 0.717) is 0 Å². The lowest BCUT2D eigenvalue weighted by atomic mass is 10.2. The van der Waals surface area contributed by atoms with Gasteiger partial charge in [-0.25, -0.2) is 0 Å². The number of hydrogen-bond acceptors (Lipinski definition) is 4. The average molecular weight is 289 g/mol. The summed E-state index contributed by atoms with van der Waals surface area (Å²) in [5.41, 5.74) is 4.88. The van der Waals surface area contributed by atoms with Gasteiger partial charge in [0.2, 0.25) is 0 Å². The first-order chi connectivity index (χ1) is 9.38. The molecule has 20 heavy (non-hydrogen) atoms. The maximum absolute atomic E-state index is 3.50. The number of nitrogens with one attached hydrogen (secondary N) is 1. The number of fused-ring (bicyclic) bond motifs is 1. The third-order valence-corrected chi connectivity index (χ3v) is 4.64. The van der Waals surface area contributed by atoms with Crippen LogP contribution in [0.3, 0.4) is 0 Å². The van der Waals surface area contributed by atoms with E-state index in [9.17, 15) is 0 Å². The highest BCUT2D eigenvalue weighted by Gasteiger charge is 2.15. The van der Waals surface area contributed by atoms with E-state index in [-0.39, 0.29) is 0 Å². The first-order valence-corrected chi connectivity index (χ1v) is 7.53. The lowest BCUT2D eigenvalue weighted by Gasteiger charge is -2.24. The van der Waals surface area contributed by atoms with Gasteiger partial charge in [0.15, 0.2) is 0 Å². The maximum atomic E-state index is 3.50. The molecule has 0 saturated heterocycles. The fourth-order valence-electron chi connectivity index (χ4n) is 1.89. The van der Waals surface area contributed by atoms with Crippen molar-refractivity contribution in [1.82, 2.24) is 4.90 Å². The Kier molecular flexibility index (Phi) is 4.33. The molecule has 1 heterocycles. The van der Waals surface area contributed by atoms with Crippen LogP contribution >= 0.6 is 11.8 Å². The van der Waals surface area contributed by atoms with Crippen LogP contribution in [0, 0.1) is 0 Å². The Bertz CT molecular complexity index is 571. The van der Waals surface area contributed by atoms with E-state index in [2.05, 4.69) is 81.4 Å². The Labute approximate surface area is 126 Å². The summed E-state index contributed by atoms with van der Waals surface area (Å²) in [6, 6.07) is 6.53. The monoisotopic (exact) mass is 289 g/mol. The van der Waals surface area contributed by atoms with Crippen molar-refractivity contribution in [3.63, 3.8) is 0 Å². The highest BCUT2D eigenvalue weighted by atomic mass is 32.2. The van der Waals surface area contributed by atoms with Crippen LogP contribution in [0.2, 0.25) is 0 Å². The van der Waals surface area contributed by atoms with E-state index in [0.717, 1.165) is 0 Å². The summed E-state index contributed by atoms with van der Waals surface area (Å²) in [5, 5.41) is 3.50. The van der Waals surface area contributed by atoms with E-state index in [4.69, 9.17) is 0 Å². The number of rotatable bonds is 3. The summed E-state index contributed by atoms with van der Waals surface area (Å²) >= 11 is 1.83. The van der Waals surface area contributed by atoms with Gasteiger partial charge in [-0.2, -0.15) is 0 Å². The second-order valence-electron chi connectivity index (χ2n) is 5.47. The first kappa shape index (κ1) is 14.9. The number of anilines is 2. The van der Waals surface area contributed by atoms with Crippen molar-refractivity contribution >= 4 is 23.1 Å². The molecule has 0 amide bonds. The molecule has 3 nitrogen and oxygen atoms in total. The van der Waals surface area contributed by atoms with Gasteiger partial charge in [0.05, 0.1) is 5.69 Å². The molecule has 1 aliphatic heterocycles. The van der Waals surface area contributed by atoms with Crippen molar-refractivity contribution in [2.45, 2.75) is 18.7 Å². The molecule has 0 atom stereocenters. The van der Waals surface area contributed by atoms with Crippen LogP contribution in [-0.2, 0) is 0 Å². The van der Waals surface area contributed by atoms with Crippen LogP contribution < -0.4 is 10.2 Å². The fraction of sp³-hybridized carbons (Fsp3) is 0.375. The zero-order valence-electron chi connectivity index (χ0n) is 13.1. The predicted octanol–water partition coefficient (Wildman–Crippen LogP) is 3.97. The van der Waals surface area contributed by atoms with E-state index < -0.39 is 0 Å². The van der Waals surface area contributed by atoms with Crippen LogP contribution in [0.4, 0.5) is 11.4 Å². The number of benzene rings is 1. The van der Waals surface area contributed by atoms with Crippen molar-refractivity contribution in [2.24, 2.45) is 0 Å². The van der Waals surface area contributed by atoms with E-state index in [1.165, 1.54) is 32.6 Å². The normalized spacial score (nSPS) is 14.8. The van der Waals surface area contributed by atoms with Gasteiger partial charge in [-0.3, -0.25) is 0 Å². The molecule has 1 aliphatic rings. The van der Waals surface area contributed by atoms with Gasteiger partial charge in [0, 0.05) is 55.1 Å². The highest BCUT2D eigenvalue weighted by Crippen LogP contribution is 2.42. The second-order valence-corrected chi connectivity index (χ2v) is 6.56. The van der Waals surface area contributed by atoms with Crippen LogP contribution in [0.25, 0.3) is 0 Å². The van der Waals surface area contributed by atoms with Crippen molar-refractivity contribution in [3.05, 3.63) is 40.6 Å². The molecule has 0 aromatic heterocycles. The molecule has 0 spiro atoms. The average Bonchev–Trinajstić information content (AvgIpc) is 2.38. The molecule has 1 aromatic carbocycles. The summed E-state index contributed by atoms with van der Waals surface area (Å²) in [4.78, 5) is 6.82. The van der Waals surface area contributed by atoms with Crippen LogP contribution in [0.5, 0.6) is 0 Å². The van der Waals surface area contributed by atoms with Gasteiger partial charge in [0.25, 0.3) is 0 Å². The summed E-state index contributed by atoms with van der Waals surface area (Å²) in [6.45, 7) is 4.26. The Morgan fingerprint density at radius 2 is 1.90 bits per heavy atom. The molecule has 0 saturated carbocycles. The zero-order chi connectivity index (χ0) is 14.9. The Morgan fingerprint density at radius 3 is 2.50 bits per heavy atom. The minimum Gasteiger partial charge on any atom is -0.381 e. The first-order valence-electron chi connectivity index (χ1n) is 6.71. The number of hydrogen-bond donors (Lipinski definition) is 1. The molecule has 4 heteroatoms.